The molecule has 0 radical (unpaired) electrons. The highest BCUT2D eigenvalue weighted by molar-refractivity contribution is 9.09. The molecule has 2 saturated carbocycles. The number of carbonyl (C=O) groups excluding carboxylic acids is 3. The second kappa shape index (κ2) is 5.69. The number of ether oxygens (including phenoxy) is 2. The zero-order valence-electron chi connectivity index (χ0n) is 13.1. The first-order valence-corrected chi connectivity index (χ1v) is 9.00. The molecular formula is C18H17BrO5. The van der Waals surface area contributed by atoms with Gasteiger partial charge in [-0.1, -0.05) is 45.8 Å². The van der Waals surface area contributed by atoms with Crippen molar-refractivity contribution in [2.75, 3.05) is 6.61 Å². The minimum absolute atomic E-state index is 0.00412. The molecule has 1 aliphatic heterocycles. The molecule has 1 heterocycles. The van der Waals surface area contributed by atoms with E-state index in [9.17, 15) is 14.4 Å². The van der Waals surface area contributed by atoms with Crippen LogP contribution in [0.1, 0.15) is 22.3 Å². The largest absolute Gasteiger partial charge is 0.461 e. The summed E-state index contributed by atoms with van der Waals surface area (Å²) in [4.78, 5) is 36.7. The van der Waals surface area contributed by atoms with Gasteiger partial charge in [-0.15, -0.1) is 0 Å². The Kier molecular flexibility index (Phi) is 3.75. The van der Waals surface area contributed by atoms with Crippen LogP contribution >= 0.6 is 15.9 Å². The van der Waals surface area contributed by atoms with E-state index in [4.69, 9.17) is 9.47 Å². The van der Waals surface area contributed by atoms with Gasteiger partial charge in [-0.2, -0.15) is 0 Å². The number of fused-ring (bicyclic) bond motifs is 1. The zero-order valence-corrected chi connectivity index (χ0v) is 14.7. The van der Waals surface area contributed by atoms with Crippen molar-refractivity contribution >= 4 is 33.7 Å². The Balaban J connectivity index is 1.43. The lowest BCUT2D eigenvalue weighted by atomic mass is 9.80. The van der Waals surface area contributed by atoms with Gasteiger partial charge in [0.15, 0.2) is 12.4 Å². The first-order valence-electron chi connectivity index (χ1n) is 8.08. The van der Waals surface area contributed by atoms with Crippen molar-refractivity contribution in [1.82, 2.24) is 0 Å². The highest BCUT2D eigenvalue weighted by Crippen LogP contribution is 2.60. The van der Waals surface area contributed by atoms with Crippen molar-refractivity contribution in [3.05, 3.63) is 35.4 Å². The number of Topliss-reactive ketones (excluding diaryl/α,β-unsaturated/α-hetero) is 1. The summed E-state index contributed by atoms with van der Waals surface area (Å²) in [5.74, 6) is -1.78. The third kappa shape index (κ3) is 2.31. The van der Waals surface area contributed by atoms with Crippen molar-refractivity contribution in [2.24, 2.45) is 23.7 Å². The fourth-order valence-electron chi connectivity index (χ4n) is 4.35. The summed E-state index contributed by atoms with van der Waals surface area (Å²) in [5, 5.41) is 0. The number of rotatable bonds is 4. The van der Waals surface area contributed by atoms with Crippen LogP contribution in [-0.2, 0) is 19.1 Å². The number of ketones is 1. The normalized spacial score (nSPS) is 35.8. The van der Waals surface area contributed by atoms with E-state index in [1.54, 1.807) is 12.1 Å². The van der Waals surface area contributed by atoms with Crippen LogP contribution < -0.4 is 0 Å². The molecule has 6 heteroatoms. The molecule has 1 saturated heterocycles. The summed E-state index contributed by atoms with van der Waals surface area (Å²) in [5.41, 5.74) is 1.57. The number of hydrogen-bond acceptors (Lipinski definition) is 5. The van der Waals surface area contributed by atoms with Crippen molar-refractivity contribution in [2.45, 2.75) is 24.3 Å². The quantitative estimate of drug-likeness (QED) is 0.446. The van der Waals surface area contributed by atoms with E-state index in [1.165, 1.54) is 0 Å². The summed E-state index contributed by atoms with van der Waals surface area (Å²) < 4.78 is 10.6. The predicted octanol–water partition coefficient (Wildman–Crippen LogP) is 2.29. The predicted molar refractivity (Wildman–Crippen MR) is 87.6 cm³/mol. The Morgan fingerprint density at radius 3 is 2.67 bits per heavy atom. The lowest BCUT2D eigenvalue weighted by Crippen LogP contribution is -2.39. The monoisotopic (exact) mass is 392 g/mol. The lowest BCUT2D eigenvalue weighted by Gasteiger charge is -2.26. The number of hydrogen-bond donors (Lipinski definition) is 0. The topological polar surface area (TPSA) is 69.7 Å². The van der Waals surface area contributed by atoms with Crippen LogP contribution in [0.4, 0.5) is 0 Å². The molecule has 0 amide bonds. The minimum atomic E-state index is -0.503. The third-order valence-electron chi connectivity index (χ3n) is 5.51. The van der Waals surface area contributed by atoms with Crippen molar-refractivity contribution in [3.8, 4) is 0 Å². The first kappa shape index (κ1) is 15.8. The van der Waals surface area contributed by atoms with Crippen LogP contribution in [0.3, 0.4) is 0 Å². The Morgan fingerprint density at radius 1 is 1.25 bits per heavy atom. The average molecular weight is 393 g/mol. The molecule has 3 aliphatic rings. The molecule has 6 atom stereocenters. The molecule has 0 N–H and O–H groups in total. The first-order chi connectivity index (χ1) is 11.5. The Bertz CT molecular complexity index is 713. The molecule has 2 aliphatic carbocycles. The van der Waals surface area contributed by atoms with Crippen molar-refractivity contribution in [1.29, 1.82) is 0 Å². The van der Waals surface area contributed by atoms with Crippen LogP contribution in [0.15, 0.2) is 24.3 Å². The fourth-order valence-corrected chi connectivity index (χ4v) is 5.39. The molecule has 3 fully saturated rings. The van der Waals surface area contributed by atoms with E-state index in [0.717, 1.165) is 12.0 Å². The summed E-state index contributed by atoms with van der Waals surface area (Å²) in [7, 11) is 0. The molecule has 24 heavy (non-hydrogen) atoms. The highest BCUT2D eigenvalue weighted by atomic mass is 79.9. The number of aryl methyl sites for hydroxylation is 1. The molecule has 126 valence electrons. The molecule has 1 aromatic rings. The van der Waals surface area contributed by atoms with E-state index in [1.807, 2.05) is 19.1 Å². The molecule has 0 spiro atoms. The van der Waals surface area contributed by atoms with E-state index in [2.05, 4.69) is 15.9 Å². The SMILES string of the molecule is Cc1ccc(C(=O)COC(=O)C2C3CC4C(OC(=O)C42)C3Br)cc1. The van der Waals surface area contributed by atoms with Crippen LogP contribution in [0, 0.1) is 30.6 Å². The van der Waals surface area contributed by atoms with Crippen molar-refractivity contribution in [3.63, 3.8) is 0 Å². The maximum atomic E-state index is 12.5. The Hall–Kier alpha value is -1.69. The number of carbonyl (C=O) groups is 3. The Morgan fingerprint density at radius 2 is 1.96 bits per heavy atom. The number of esters is 2. The van der Waals surface area contributed by atoms with Gasteiger partial charge in [-0.05, 0) is 19.3 Å². The van der Waals surface area contributed by atoms with E-state index in [-0.39, 0.29) is 41.1 Å². The smallest absolute Gasteiger partial charge is 0.310 e. The van der Waals surface area contributed by atoms with Gasteiger partial charge in [0.05, 0.1) is 16.7 Å². The molecule has 1 aromatic carbocycles. The van der Waals surface area contributed by atoms with Gasteiger partial charge < -0.3 is 9.47 Å². The number of halogens is 1. The van der Waals surface area contributed by atoms with Crippen LogP contribution in [0.2, 0.25) is 0 Å². The van der Waals surface area contributed by atoms with Crippen molar-refractivity contribution < 1.29 is 23.9 Å². The fraction of sp³-hybridized carbons (Fsp3) is 0.500. The highest BCUT2D eigenvalue weighted by Gasteiger charge is 2.68. The third-order valence-corrected chi connectivity index (χ3v) is 6.71. The summed E-state index contributed by atoms with van der Waals surface area (Å²) >= 11 is 3.56. The van der Waals surface area contributed by atoms with Gasteiger partial charge in [-0.25, -0.2) is 0 Å². The average Bonchev–Trinajstić information content (AvgIpc) is 3.17. The summed E-state index contributed by atoms with van der Waals surface area (Å²) in [6.07, 6.45) is 0.675. The second-order valence-electron chi connectivity index (χ2n) is 6.86. The zero-order chi connectivity index (χ0) is 17.0. The van der Waals surface area contributed by atoms with Gasteiger partial charge >= 0.3 is 11.9 Å². The molecule has 2 bridgehead atoms. The summed E-state index contributed by atoms with van der Waals surface area (Å²) in [6, 6.07) is 7.12. The molecule has 6 unspecified atom stereocenters. The lowest BCUT2D eigenvalue weighted by molar-refractivity contribution is -0.154. The van der Waals surface area contributed by atoms with E-state index < -0.39 is 17.8 Å². The van der Waals surface area contributed by atoms with E-state index in [0.29, 0.717) is 5.56 Å². The van der Waals surface area contributed by atoms with Crippen LogP contribution in [0.25, 0.3) is 0 Å². The van der Waals surface area contributed by atoms with Crippen LogP contribution in [0.5, 0.6) is 0 Å². The maximum Gasteiger partial charge on any atom is 0.310 e. The Labute approximate surface area is 147 Å². The molecular weight excluding hydrogens is 376 g/mol. The molecule has 4 rings (SSSR count). The molecule has 0 aromatic heterocycles. The van der Waals surface area contributed by atoms with Gasteiger partial charge in [0.1, 0.15) is 6.10 Å². The summed E-state index contributed by atoms with van der Waals surface area (Å²) in [6.45, 7) is 1.64. The van der Waals surface area contributed by atoms with Crippen LogP contribution in [-0.4, -0.2) is 35.3 Å². The van der Waals surface area contributed by atoms with Gasteiger partial charge in [-0.3, -0.25) is 14.4 Å². The van der Waals surface area contributed by atoms with Gasteiger partial charge in [0.25, 0.3) is 0 Å². The molecule has 5 nitrogen and oxygen atoms in total. The maximum absolute atomic E-state index is 12.5. The number of alkyl halides is 1. The second-order valence-corrected chi connectivity index (χ2v) is 7.92. The van der Waals surface area contributed by atoms with Gasteiger partial charge in [0.2, 0.25) is 0 Å². The standard InChI is InChI=1S/C18H17BrO5/c1-8-2-4-9(5-3-8)12(20)7-23-17(21)13-10-6-11-14(13)18(22)24-16(11)15(10)19/h2-5,10-11,13-16H,6-7H2,1H3. The number of benzene rings is 1. The minimum Gasteiger partial charge on any atom is -0.461 e. The van der Waals surface area contributed by atoms with Gasteiger partial charge in [0, 0.05) is 11.5 Å². The van der Waals surface area contributed by atoms with E-state index >= 15 is 0 Å².